The van der Waals surface area contributed by atoms with Crippen molar-refractivity contribution in [2.24, 2.45) is 0 Å². The van der Waals surface area contributed by atoms with Crippen molar-refractivity contribution >= 4 is 23.0 Å². The number of aryl methyl sites for hydroxylation is 1. The molecule has 3 aromatic rings. The number of nitrogens with one attached hydrogen (secondary N) is 1. The van der Waals surface area contributed by atoms with Crippen LogP contribution in [0.15, 0.2) is 53.3 Å². The largest absolute Gasteiger partial charge is 0.416 e. The first-order chi connectivity index (χ1) is 15.5. The number of benzene rings is 2. The fourth-order valence-corrected chi connectivity index (χ4v) is 4.01. The standard InChI is InChI=1S/C24H21F4N3O2/c1-13(2)22-19(8-9-21(32)29-22)31-12-30(18-7-5-16(25)10-14(18)3)20-11-15(24(26,27)28)4-6-17(20)23(31)33/h4-11,13H,12H2,1-3H3,(H,29,32). The van der Waals surface area contributed by atoms with E-state index in [1.807, 2.05) is 13.8 Å². The van der Waals surface area contributed by atoms with Crippen LogP contribution in [0, 0.1) is 12.7 Å². The molecule has 0 saturated heterocycles. The molecule has 1 aromatic heterocycles. The number of pyridine rings is 1. The fourth-order valence-electron chi connectivity index (χ4n) is 4.01. The average Bonchev–Trinajstić information content (AvgIpc) is 2.74. The molecule has 2 aromatic carbocycles. The Kier molecular flexibility index (Phi) is 5.51. The molecule has 0 atom stereocenters. The Morgan fingerprint density at radius 2 is 1.61 bits per heavy atom. The lowest BCUT2D eigenvalue weighted by molar-refractivity contribution is -0.137. The van der Waals surface area contributed by atoms with Gasteiger partial charge in [0.25, 0.3) is 5.91 Å². The molecule has 0 saturated carbocycles. The molecule has 9 heteroatoms. The van der Waals surface area contributed by atoms with Gasteiger partial charge in [-0.15, -0.1) is 0 Å². The van der Waals surface area contributed by atoms with Gasteiger partial charge in [0.15, 0.2) is 0 Å². The minimum Gasteiger partial charge on any atom is -0.324 e. The minimum absolute atomic E-state index is 0.0684. The van der Waals surface area contributed by atoms with Crippen LogP contribution in [-0.4, -0.2) is 17.6 Å². The first-order valence-corrected chi connectivity index (χ1v) is 10.3. The molecule has 5 nitrogen and oxygen atoms in total. The van der Waals surface area contributed by atoms with Gasteiger partial charge in [0.2, 0.25) is 5.56 Å². The van der Waals surface area contributed by atoms with Crippen molar-refractivity contribution in [1.29, 1.82) is 0 Å². The molecule has 4 rings (SSSR count). The number of aromatic nitrogens is 1. The molecule has 1 aliphatic heterocycles. The van der Waals surface area contributed by atoms with Crippen LogP contribution in [0.5, 0.6) is 0 Å². The summed E-state index contributed by atoms with van der Waals surface area (Å²) < 4.78 is 54.1. The maximum Gasteiger partial charge on any atom is 0.416 e. The number of fused-ring (bicyclic) bond motifs is 1. The smallest absolute Gasteiger partial charge is 0.324 e. The third-order valence-electron chi connectivity index (χ3n) is 5.62. The van der Waals surface area contributed by atoms with E-state index in [9.17, 15) is 27.2 Å². The first kappa shape index (κ1) is 22.6. The molecule has 0 unspecified atom stereocenters. The van der Waals surface area contributed by atoms with E-state index < -0.39 is 23.5 Å². The van der Waals surface area contributed by atoms with Crippen molar-refractivity contribution in [3.05, 3.63) is 87.1 Å². The normalized spacial score (nSPS) is 14.1. The molecular weight excluding hydrogens is 438 g/mol. The number of carbonyl (C=O) groups is 1. The maximum atomic E-state index is 13.7. The highest BCUT2D eigenvalue weighted by Gasteiger charge is 2.37. The Morgan fingerprint density at radius 3 is 2.24 bits per heavy atom. The van der Waals surface area contributed by atoms with Crippen LogP contribution in [0.3, 0.4) is 0 Å². The maximum absolute atomic E-state index is 13.7. The Hall–Kier alpha value is -3.62. The summed E-state index contributed by atoms with van der Waals surface area (Å²) in [6, 6.07) is 9.74. The van der Waals surface area contributed by atoms with Gasteiger partial charge in [0.1, 0.15) is 12.5 Å². The van der Waals surface area contributed by atoms with Gasteiger partial charge in [0.05, 0.1) is 22.5 Å². The zero-order valence-electron chi connectivity index (χ0n) is 18.1. The third kappa shape index (κ3) is 4.10. The van der Waals surface area contributed by atoms with E-state index in [1.54, 1.807) is 11.8 Å². The highest BCUT2D eigenvalue weighted by molar-refractivity contribution is 6.13. The molecule has 0 fully saturated rings. The van der Waals surface area contributed by atoms with Gasteiger partial charge in [-0.1, -0.05) is 13.8 Å². The molecule has 1 aliphatic rings. The summed E-state index contributed by atoms with van der Waals surface area (Å²) in [7, 11) is 0. The molecule has 1 amide bonds. The number of hydrogen-bond acceptors (Lipinski definition) is 3. The molecule has 172 valence electrons. The summed E-state index contributed by atoms with van der Waals surface area (Å²) in [6.07, 6.45) is -4.59. The number of alkyl halides is 3. The molecule has 0 radical (unpaired) electrons. The SMILES string of the molecule is Cc1cc(F)ccc1N1CN(c2ccc(=O)[nH]c2C(C)C)C(=O)c2ccc(C(F)(F)F)cc21. The number of hydrogen-bond donors (Lipinski definition) is 1. The summed E-state index contributed by atoms with van der Waals surface area (Å²) in [5.74, 6) is -1.10. The van der Waals surface area contributed by atoms with Gasteiger partial charge in [-0.25, -0.2) is 4.39 Å². The van der Waals surface area contributed by atoms with Gasteiger partial charge in [0, 0.05) is 17.4 Å². The van der Waals surface area contributed by atoms with Crippen molar-refractivity contribution in [3.8, 4) is 0 Å². The lowest BCUT2D eigenvalue weighted by Crippen LogP contribution is -2.46. The number of amides is 1. The van der Waals surface area contributed by atoms with E-state index in [4.69, 9.17) is 0 Å². The minimum atomic E-state index is -4.59. The van der Waals surface area contributed by atoms with Crippen LogP contribution in [0.1, 0.15) is 46.9 Å². The van der Waals surface area contributed by atoms with Gasteiger partial charge in [-0.2, -0.15) is 13.2 Å². The van der Waals surface area contributed by atoms with E-state index in [1.165, 1.54) is 35.2 Å². The average molecular weight is 459 g/mol. The summed E-state index contributed by atoms with van der Waals surface area (Å²) in [4.78, 5) is 31.0. The van der Waals surface area contributed by atoms with E-state index >= 15 is 0 Å². The van der Waals surface area contributed by atoms with E-state index in [0.717, 1.165) is 18.2 Å². The Balaban J connectivity index is 1.94. The molecule has 0 spiro atoms. The zero-order chi connectivity index (χ0) is 24.1. The number of carbonyl (C=O) groups excluding carboxylic acids is 1. The van der Waals surface area contributed by atoms with Crippen LogP contribution >= 0.6 is 0 Å². The monoisotopic (exact) mass is 459 g/mol. The third-order valence-corrected chi connectivity index (χ3v) is 5.62. The van der Waals surface area contributed by atoms with Crippen molar-refractivity contribution in [2.75, 3.05) is 16.5 Å². The number of nitrogens with zero attached hydrogens (tertiary/aromatic N) is 2. The summed E-state index contributed by atoms with van der Waals surface area (Å²) in [5.41, 5.74) is 0.873. The molecule has 0 aliphatic carbocycles. The van der Waals surface area contributed by atoms with E-state index in [0.29, 0.717) is 22.6 Å². The predicted octanol–water partition coefficient (Wildman–Crippen LogP) is 5.72. The molecule has 1 N–H and O–H groups in total. The quantitative estimate of drug-likeness (QED) is 0.510. The lowest BCUT2D eigenvalue weighted by Gasteiger charge is -2.39. The highest BCUT2D eigenvalue weighted by Crippen LogP contribution is 2.41. The number of anilines is 3. The number of aromatic amines is 1. The molecule has 2 heterocycles. The molecule has 33 heavy (non-hydrogen) atoms. The Bertz CT molecular complexity index is 1300. The Morgan fingerprint density at radius 1 is 0.909 bits per heavy atom. The predicted molar refractivity (Wildman–Crippen MR) is 118 cm³/mol. The van der Waals surface area contributed by atoms with E-state index in [2.05, 4.69) is 4.98 Å². The van der Waals surface area contributed by atoms with Crippen molar-refractivity contribution in [2.45, 2.75) is 32.9 Å². The van der Waals surface area contributed by atoms with Gasteiger partial charge in [-0.05, 0) is 60.9 Å². The highest BCUT2D eigenvalue weighted by atomic mass is 19.4. The second-order valence-corrected chi connectivity index (χ2v) is 8.24. The number of H-pyrrole nitrogens is 1. The van der Waals surface area contributed by atoms with Gasteiger partial charge >= 0.3 is 6.18 Å². The van der Waals surface area contributed by atoms with Crippen LogP contribution < -0.4 is 15.4 Å². The van der Waals surface area contributed by atoms with Crippen molar-refractivity contribution in [3.63, 3.8) is 0 Å². The number of rotatable bonds is 3. The van der Waals surface area contributed by atoms with Crippen LogP contribution in [0.25, 0.3) is 0 Å². The second kappa shape index (κ2) is 8.06. The van der Waals surface area contributed by atoms with Crippen LogP contribution in [0.4, 0.5) is 34.6 Å². The van der Waals surface area contributed by atoms with E-state index in [-0.39, 0.29) is 29.4 Å². The fraction of sp³-hybridized carbons (Fsp3) is 0.250. The molecular formula is C24H21F4N3O2. The second-order valence-electron chi connectivity index (χ2n) is 8.24. The summed E-state index contributed by atoms with van der Waals surface area (Å²) in [5, 5.41) is 0. The summed E-state index contributed by atoms with van der Waals surface area (Å²) in [6.45, 7) is 5.24. The van der Waals surface area contributed by atoms with Crippen LogP contribution in [0.2, 0.25) is 0 Å². The zero-order valence-corrected chi connectivity index (χ0v) is 18.1. The van der Waals surface area contributed by atoms with Crippen LogP contribution in [-0.2, 0) is 6.18 Å². The van der Waals surface area contributed by atoms with Crippen molar-refractivity contribution < 1.29 is 22.4 Å². The van der Waals surface area contributed by atoms with Crippen molar-refractivity contribution in [1.82, 2.24) is 4.98 Å². The number of halogens is 4. The first-order valence-electron chi connectivity index (χ1n) is 10.3. The van der Waals surface area contributed by atoms with Gasteiger partial charge < -0.3 is 9.88 Å². The summed E-state index contributed by atoms with van der Waals surface area (Å²) >= 11 is 0. The lowest BCUT2D eigenvalue weighted by atomic mass is 10.0. The Labute approximate surface area is 187 Å². The van der Waals surface area contributed by atoms with Gasteiger partial charge in [-0.3, -0.25) is 14.5 Å². The molecule has 0 bridgehead atoms. The topological polar surface area (TPSA) is 56.4 Å².